The average molecular weight is 368 g/mol. The molecule has 0 radical (unpaired) electrons. The Labute approximate surface area is 156 Å². The van der Waals surface area contributed by atoms with E-state index in [0.29, 0.717) is 18.2 Å². The highest BCUT2D eigenvalue weighted by atomic mass is 35.5. The van der Waals surface area contributed by atoms with Crippen LogP contribution in [0.25, 0.3) is 17.1 Å². The van der Waals surface area contributed by atoms with Gasteiger partial charge in [0.05, 0.1) is 24.0 Å². The number of imidazole rings is 1. The maximum atomic E-state index is 6.26. The van der Waals surface area contributed by atoms with Gasteiger partial charge in [0.1, 0.15) is 18.6 Å². The van der Waals surface area contributed by atoms with E-state index in [9.17, 15) is 0 Å². The molecule has 0 bridgehead atoms. The molecular formula is C19H18ClN5O. The van der Waals surface area contributed by atoms with Crippen LogP contribution in [-0.4, -0.2) is 30.4 Å². The third-order valence-corrected chi connectivity index (χ3v) is 4.49. The molecule has 0 N–H and O–H groups in total. The number of hydrogen-bond acceptors (Lipinski definition) is 4. The number of rotatable bonds is 3. The van der Waals surface area contributed by atoms with Crippen molar-refractivity contribution < 1.29 is 4.74 Å². The van der Waals surface area contributed by atoms with Gasteiger partial charge >= 0.3 is 0 Å². The second kappa shape index (κ2) is 6.60. The van der Waals surface area contributed by atoms with Crippen LogP contribution in [0.4, 0.5) is 0 Å². The maximum Gasteiger partial charge on any atom is 0.166 e. The quantitative estimate of drug-likeness (QED) is 0.520. The van der Waals surface area contributed by atoms with E-state index < -0.39 is 0 Å². The number of aromatic nitrogens is 5. The molecule has 0 unspecified atom stereocenters. The zero-order valence-corrected chi connectivity index (χ0v) is 15.6. The molecular weight excluding hydrogens is 350 g/mol. The van der Waals surface area contributed by atoms with Gasteiger partial charge in [-0.05, 0) is 44.9 Å². The van der Waals surface area contributed by atoms with Crippen molar-refractivity contribution in [1.29, 1.82) is 0 Å². The largest absolute Gasteiger partial charge is 0.371 e. The third kappa shape index (κ3) is 2.79. The molecule has 0 aliphatic carbocycles. The summed E-state index contributed by atoms with van der Waals surface area (Å²) < 4.78 is 9.86. The Balaban J connectivity index is 1.93. The molecule has 1 aliphatic heterocycles. The lowest BCUT2D eigenvalue weighted by Gasteiger charge is -2.10. The average Bonchev–Trinajstić information content (AvgIpc) is 3.15. The molecule has 1 aromatic carbocycles. The molecule has 0 fully saturated rings. The molecule has 0 spiro atoms. The molecule has 0 amide bonds. The van der Waals surface area contributed by atoms with Crippen LogP contribution in [-0.2, 0) is 17.9 Å². The van der Waals surface area contributed by atoms with Gasteiger partial charge in [0.25, 0.3) is 0 Å². The molecule has 3 heterocycles. The summed E-state index contributed by atoms with van der Waals surface area (Å²) in [6.45, 7) is 6.76. The van der Waals surface area contributed by atoms with Gasteiger partial charge in [-0.15, -0.1) is 10.2 Å². The standard InChI is InChI=1S/C19H18ClN5O/c1-4-5-15-17-9-24-18(10-26-12(2)3)22-23-19(24)14-8-13(20)6-7-16(14)25(17)11-21-15/h6-8,11-12H,9-10H2,1-3H3. The Morgan fingerprint density at radius 3 is 2.92 bits per heavy atom. The van der Waals surface area contributed by atoms with Crippen molar-refractivity contribution in [2.75, 3.05) is 0 Å². The van der Waals surface area contributed by atoms with Crippen LogP contribution in [0.3, 0.4) is 0 Å². The molecule has 7 heteroatoms. The van der Waals surface area contributed by atoms with Gasteiger partial charge in [0, 0.05) is 10.6 Å². The molecule has 0 atom stereocenters. The predicted molar refractivity (Wildman–Crippen MR) is 99.2 cm³/mol. The minimum Gasteiger partial charge on any atom is -0.371 e. The number of fused-ring (bicyclic) bond motifs is 5. The highest BCUT2D eigenvalue weighted by molar-refractivity contribution is 6.31. The fourth-order valence-electron chi connectivity index (χ4n) is 3.05. The summed E-state index contributed by atoms with van der Waals surface area (Å²) in [7, 11) is 0. The number of nitrogens with zero attached hydrogens (tertiary/aromatic N) is 5. The summed E-state index contributed by atoms with van der Waals surface area (Å²) in [6, 6.07) is 5.75. The molecule has 6 nitrogen and oxygen atoms in total. The van der Waals surface area contributed by atoms with Gasteiger partial charge in [0.2, 0.25) is 0 Å². The zero-order valence-electron chi connectivity index (χ0n) is 14.8. The van der Waals surface area contributed by atoms with E-state index in [1.165, 1.54) is 0 Å². The maximum absolute atomic E-state index is 6.26. The van der Waals surface area contributed by atoms with Gasteiger partial charge in [-0.25, -0.2) is 4.98 Å². The molecule has 132 valence electrons. The van der Waals surface area contributed by atoms with E-state index in [2.05, 4.69) is 31.6 Å². The molecule has 2 aromatic heterocycles. The van der Waals surface area contributed by atoms with Crippen molar-refractivity contribution in [2.24, 2.45) is 0 Å². The highest BCUT2D eigenvalue weighted by Gasteiger charge is 2.25. The molecule has 26 heavy (non-hydrogen) atoms. The van der Waals surface area contributed by atoms with E-state index in [4.69, 9.17) is 16.3 Å². The van der Waals surface area contributed by atoms with E-state index in [1.807, 2.05) is 43.5 Å². The number of hydrogen-bond donors (Lipinski definition) is 0. The zero-order chi connectivity index (χ0) is 18.3. The van der Waals surface area contributed by atoms with Crippen molar-refractivity contribution in [3.05, 3.63) is 46.8 Å². The monoisotopic (exact) mass is 367 g/mol. The fourth-order valence-corrected chi connectivity index (χ4v) is 3.22. The van der Waals surface area contributed by atoms with Gasteiger partial charge in [-0.2, -0.15) is 0 Å². The molecule has 0 saturated heterocycles. The first-order valence-electron chi connectivity index (χ1n) is 8.41. The summed E-state index contributed by atoms with van der Waals surface area (Å²) in [4.78, 5) is 4.48. The second-order valence-corrected chi connectivity index (χ2v) is 6.77. The Morgan fingerprint density at radius 2 is 2.15 bits per heavy atom. The van der Waals surface area contributed by atoms with Crippen LogP contribution in [0.2, 0.25) is 5.02 Å². The first kappa shape index (κ1) is 16.8. The summed E-state index contributed by atoms with van der Waals surface area (Å²) >= 11 is 6.26. The van der Waals surface area contributed by atoms with Crippen molar-refractivity contribution in [3.63, 3.8) is 0 Å². The van der Waals surface area contributed by atoms with E-state index >= 15 is 0 Å². The van der Waals surface area contributed by atoms with Crippen LogP contribution in [0.5, 0.6) is 0 Å². The van der Waals surface area contributed by atoms with E-state index in [-0.39, 0.29) is 6.10 Å². The van der Waals surface area contributed by atoms with Crippen molar-refractivity contribution in [3.8, 4) is 28.9 Å². The molecule has 0 saturated carbocycles. The Hall–Kier alpha value is -2.62. The molecule has 1 aliphatic rings. The topological polar surface area (TPSA) is 57.8 Å². The Kier molecular flexibility index (Phi) is 4.27. The van der Waals surface area contributed by atoms with Crippen molar-refractivity contribution in [1.82, 2.24) is 24.3 Å². The van der Waals surface area contributed by atoms with Crippen LogP contribution in [0, 0.1) is 11.8 Å². The lowest BCUT2D eigenvalue weighted by atomic mass is 10.1. The van der Waals surface area contributed by atoms with Crippen LogP contribution < -0.4 is 0 Å². The van der Waals surface area contributed by atoms with Gasteiger partial charge in [0.15, 0.2) is 11.6 Å². The number of halogens is 1. The van der Waals surface area contributed by atoms with Gasteiger partial charge in [-0.3, -0.25) is 4.57 Å². The van der Waals surface area contributed by atoms with Crippen LogP contribution in [0.1, 0.15) is 38.0 Å². The lowest BCUT2D eigenvalue weighted by Crippen LogP contribution is -2.11. The molecule has 3 aromatic rings. The summed E-state index contributed by atoms with van der Waals surface area (Å²) in [5, 5.41) is 9.42. The van der Waals surface area contributed by atoms with Crippen LogP contribution in [0.15, 0.2) is 24.5 Å². The first-order chi connectivity index (χ1) is 12.6. The second-order valence-electron chi connectivity index (χ2n) is 6.33. The first-order valence-corrected chi connectivity index (χ1v) is 8.79. The SMILES string of the molecule is CC#Cc1ncn2c1Cn1c(COC(C)C)nnc1-c1cc(Cl)ccc1-2. The molecule has 4 rings (SSSR count). The van der Waals surface area contributed by atoms with Gasteiger partial charge in [-0.1, -0.05) is 17.5 Å². The minimum absolute atomic E-state index is 0.113. The lowest BCUT2D eigenvalue weighted by molar-refractivity contribution is 0.0595. The summed E-state index contributed by atoms with van der Waals surface area (Å²) in [5.74, 6) is 7.55. The predicted octanol–water partition coefficient (Wildman–Crippen LogP) is 3.44. The van der Waals surface area contributed by atoms with E-state index in [0.717, 1.165) is 34.3 Å². The number of benzene rings is 1. The Bertz CT molecular complexity index is 1040. The van der Waals surface area contributed by atoms with Gasteiger partial charge < -0.3 is 9.30 Å². The number of ether oxygens (including phenoxy) is 1. The third-order valence-electron chi connectivity index (χ3n) is 4.25. The van der Waals surface area contributed by atoms with Crippen LogP contribution >= 0.6 is 11.6 Å². The Morgan fingerprint density at radius 1 is 1.31 bits per heavy atom. The van der Waals surface area contributed by atoms with Crippen molar-refractivity contribution in [2.45, 2.75) is 40.0 Å². The van der Waals surface area contributed by atoms with Crippen molar-refractivity contribution >= 4 is 11.6 Å². The normalized spacial score (nSPS) is 12.0. The van der Waals surface area contributed by atoms with E-state index in [1.54, 1.807) is 6.33 Å². The fraction of sp³-hybridized carbons (Fsp3) is 0.316. The minimum atomic E-state index is 0.113. The highest BCUT2D eigenvalue weighted by Crippen LogP contribution is 2.34. The summed E-state index contributed by atoms with van der Waals surface area (Å²) in [6.07, 6.45) is 1.91. The smallest absolute Gasteiger partial charge is 0.166 e. The summed E-state index contributed by atoms with van der Waals surface area (Å²) in [5.41, 5.74) is 3.62.